The van der Waals surface area contributed by atoms with E-state index in [1.165, 1.54) is 5.57 Å². The monoisotopic (exact) mass is 197 g/mol. The third kappa shape index (κ3) is 2.35. The van der Waals surface area contributed by atoms with Crippen molar-refractivity contribution in [2.24, 2.45) is 0 Å². The molecule has 1 rings (SSSR count). The minimum Gasteiger partial charge on any atom is -0.544 e. The standard InChI is InChI=1S/C11H19NO2/c1-9(2)6-8-12(3)7-4-5-10(12)11(13)14/h6,10H,4-5,7-8H2,1-3H3. The molecule has 1 aliphatic rings. The molecule has 1 heterocycles. The average molecular weight is 197 g/mol. The zero-order valence-corrected chi connectivity index (χ0v) is 9.25. The Morgan fingerprint density at radius 2 is 2.21 bits per heavy atom. The van der Waals surface area contributed by atoms with Crippen LogP contribution in [0, 0.1) is 0 Å². The summed E-state index contributed by atoms with van der Waals surface area (Å²) < 4.78 is 0.605. The number of hydrogen-bond acceptors (Lipinski definition) is 2. The number of carbonyl (C=O) groups is 1. The van der Waals surface area contributed by atoms with Gasteiger partial charge in [0.15, 0.2) is 0 Å². The summed E-state index contributed by atoms with van der Waals surface area (Å²) in [5, 5.41) is 10.9. The van der Waals surface area contributed by atoms with Gasteiger partial charge in [-0.25, -0.2) is 0 Å². The minimum absolute atomic E-state index is 0.314. The van der Waals surface area contributed by atoms with Crippen LogP contribution in [-0.4, -0.2) is 36.6 Å². The van der Waals surface area contributed by atoms with E-state index in [1.807, 2.05) is 20.9 Å². The summed E-state index contributed by atoms with van der Waals surface area (Å²) in [5.74, 6) is -0.896. The third-order valence-corrected chi connectivity index (χ3v) is 3.09. The summed E-state index contributed by atoms with van der Waals surface area (Å²) in [4.78, 5) is 10.9. The van der Waals surface area contributed by atoms with Crippen LogP contribution in [0.15, 0.2) is 11.6 Å². The van der Waals surface area contributed by atoms with Gasteiger partial charge in [0.25, 0.3) is 0 Å². The molecule has 0 saturated carbocycles. The van der Waals surface area contributed by atoms with Crippen molar-refractivity contribution in [3.05, 3.63) is 11.6 Å². The molecule has 0 bridgehead atoms. The number of likely N-dealkylation sites (tertiary alicyclic amines) is 1. The Morgan fingerprint density at radius 3 is 2.71 bits per heavy atom. The maximum absolute atomic E-state index is 10.9. The second-order valence-corrected chi connectivity index (χ2v) is 4.64. The summed E-state index contributed by atoms with van der Waals surface area (Å²) in [6.07, 6.45) is 3.86. The molecule has 80 valence electrons. The van der Waals surface area contributed by atoms with Gasteiger partial charge < -0.3 is 14.4 Å². The van der Waals surface area contributed by atoms with E-state index in [0.29, 0.717) is 4.48 Å². The Morgan fingerprint density at radius 1 is 1.57 bits per heavy atom. The van der Waals surface area contributed by atoms with E-state index in [9.17, 15) is 9.90 Å². The van der Waals surface area contributed by atoms with Gasteiger partial charge in [-0.05, 0) is 19.9 Å². The van der Waals surface area contributed by atoms with Crippen LogP contribution < -0.4 is 5.11 Å². The number of nitrogens with zero attached hydrogens (tertiary/aromatic N) is 1. The molecule has 0 aliphatic carbocycles. The molecule has 0 aromatic heterocycles. The smallest absolute Gasteiger partial charge is 0.129 e. The molecule has 1 aliphatic heterocycles. The SMILES string of the molecule is CC(C)=CC[N+]1(C)CCCC1C(=O)[O-]. The molecule has 0 aromatic rings. The van der Waals surface area contributed by atoms with Gasteiger partial charge >= 0.3 is 0 Å². The number of rotatable bonds is 3. The van der Waals surface area contributed by atoms with Crippen molar-refractivity contribution in [3.63, 3.8) is 0 Å². The van der Waals surface area contributed by atoms with Crippen molar-refractivity contribution in [1.82, 2.24) is 0 Å². The van der Waals surface area contributed by atoms with Crippen molar-refractivity contribution >= 4 is 5.97 Å². The predicted octanol–water partition coefficient (Wildman–Crippen LogP) is 0.311. The van der Waals surface area contributed by atoms with Crippen LogP contribution in [-0.2, 0) is 4.79 Å². The zero-order valence-electron chi connectivity index (χ0n) is 9.25. The largest absolute Gasteiger partial charge is 0.544 e. The summed E-state index contributed by atoms with van der Waals surface area (Å²) in [7, 11) is 2.01. The van der Waals surface area contributed by atoms with E-state index in [2.05, 4.69) is 6.08 Å². The molecule has 1 saturated heterocycles. The summed E-state index contributed by atoms with van der Waals surface area (Å²) >= 11 is 0. The van der Waals surface area contributed by atoms with Gasteiger partial charge in [-0.1, -0.05) is 5.57 Å². The van der Waals surface area contributed by atoms with Crippen LogP contribution >= 0.6 is 0 Å². The van der Waals surface area contributed by atoms with Crippen LogP contribution in [0.3, 0.4) is 0 Å². The lowest BCUT2D eigenvalue weighted by atomic mass is 10.2. The Hall–Kier alpha value is -0.830. The fourth-order valence-corrected chi connectivity index (χ4v) is 2.10. The van der Waals surface area contributed by atoms with E-state index < -0.39 is 5.97 Å². The zero-order chi connectivity index (χ0) is 10.8. The number of carboxylic acid groups (broad SMARTS) is 1. The lowest BCUT2D eigenvalue weighted by Crippen LogP contribution is -2.55. The summed E-state index contributed by atoms with van der Waals surface area (Å²) in [6.45, 7) is 5.83. The average Bonchev–Trinajstić information content (AvgIpc) is 2.45. The molecule has 2 unspecified atom stereocenters. The Balaban J connectivity index is 2.71. The Labute approximate surface area is 85.6 Å². The first-order valence-corrected chi connectivity index (χ1v) is 5.14. The van der Waals surface area contributed by atoms with Crippen molar-refractivity contribution < 1.29 is 14.4 Å². The highest BCUT2D eigenvalue weighted by Crippen LogP contribution is 2.24. The first-order valence-electron chi connectivity index (χ1n) is 5.14. The number of likely N-dealkylation sites (N-methyl/N-ethyl adjacent to an activating group) is 1. The maximum atomic E-state index is 10.9. The highest BCUT2D eigenvalue weighted by molar-refractivity contribution is 5.70. The highest BCUT2D eigenvalue weighted by atomic mass is 16.4. The third-order valence-electron chi connectivity index (χ3n) is 3.09. The van der Waals surface area contributed by atoms with Crippen molar-refractivity contribution in [3.8, 4) is 0 Å². The fourth-order valence-electron chi connectivity index (χ4n) is 2.10. The normalized spacial score (nSPS) is 31.5. The first kappa shape index (κ1) is 11.2. The molecule has 14 heavy (non-hydrogen) atoms. The van der Waals surface area contributed by atoms with Crippen LogP contribution in [0.2, 0.25) is 0 Å². The Bertz CT molecular complexity index is 256. The first-order chi connectivity index (χ1) is 6.46. The van der Waals surface area contributed by atoms with Gasteiger partial charge in [-0.2, -0.15) is 0 Å². The molecule has 1 fully saturated rings. The quantitative estimate of drug-likeness (QED) is 0.482. The molecule has 0 N–H and O–H groups in total. The van der Waals surface area contributed by atoms with Gasteiger partial charge in [-0.3, -0.25) is 0 Å². The second kappa shape index (κ2) is 4.13. The van der Waals surface area contributed by atoms with Gasteiger partial charge in [0.2, 0.25) is 0 Å². The van der Waals surface area contributed by atoms with E-state index in [1.54, 1.807) is 0 Å². The van der Waals surface area contributed by atoms with Crippen LogP contribution in [0.4, 0.5) is 0 Å². The topological polar surface area (TPSA) is 40.1 Å². The molecule has 3 nitrogen and oxygen atoms in total. The molecule has 0 radical (unpaired) electrons. The van der Waals surface area contributed by atoms with Crippen molar-refractivity contribution in [2.45, 2.75) is 32.7 Å². The summed E-state index contributed by atoms with van der Waals surface area (Å²) in [5.41, 5.74) is 1.24. The fraction of sp³-hybridized carbons (Fsp3) is 0.727. The Kier molecular flexibility index (Phi) is 3.32. The van der Waals surface area contributed by atoms with Gasteiger partial charge in [-0.15, -0.1) is 0 Å². The van der Waals surface area contributed by atoms with Crippen molar-refractivity contribution in [2.75, 3.05) is 20.1 Å². The molecular formula is C11H19NO2. The van der Waals surface area contributed by atoms with Crippen molar-refractivity contribution in [1.29, 1.82) is 0 Å². The highest BCUT2D eigenvalue weighted by Gasteiger charge is 2.37. The van der Waals surface area contributed by atoms with Crippen LogP contribution in [0.25, 0.3) is 0 Å². The predicted molar refractivity (Wildman–Crippen MR) is 53.4 cm³/mol. The molecule has 0 aromatic carbocycles. The lowest BCUT2D eigenvalue weighted by Gasteiger charge is -2.35. The maximum Gasteiger partial charge on any atom is 0.129 e. The molecule has 0 spiro atoms. The number of carboxylic acids is 1. The summed E-state index contributed by atoms with van der Waals surface area (Å²) in [6, 6.07) is -0.314. The minimum atomic E-state index is -0.896. The number of allylic oxidation sites excluding steroid dienone is 1. The van der Waals surface area contributed by atoms with Crippen LogP contribution in [0.1, 0.15) is 26.7 Å². The van der Waals surface area contributed by atoms with E-state index in [-0.39, 0.29) is 6.04 Å². The van der Waals surface area contributed by atoms with E-state index in [4.69, 9.17) is 0 Å². The van der Waals surface area contributed by atoms with E-state index in [0.717, 1.165) is 25.9 Å². The number of carbonyl (C=O) groups excluding carboxylic acids is 1. The second-order valence-electron chi connectivity index (χ2n) is 4.64. The molecule has 2 atom stereocenters. The van der Waals surface area contributed by atoms with Crippen LogP contribution in [0.5, 0.6) is 0 Å². The molecular weight excluding hydrogens is 178 g/mol. The lowest BCUT2D eigenvalue weighted by molar-refractivity contribution is -0.909. The van der Waals surface area contributed by atoms with E-state index >= 15 is 0 Å². The van der Waals surface area contributed by atoms with Gasteiger partial charge in [0.05, 0.1) is 26.1 Å². The number of hydrogen-bond donors (Lipinski definition) is 0. The number of quaternary nitrogens is 1. The van der Waals surface area contributed by atoms with Gasteiger partial charge in [0, 0.05) is 12.8 Å². The molecule has 0 amide bonds. The van der Waals surface area contributed by atoms with Gasteiger partial charge in [0.1, 0.15) is 6.04 Å². The number of aliphatic carboxylic acids is 1. The molecule has 3 heteroatoms.